The predicted octanol–water partition coefficient (Wildman–Crippen LogP) is 1.98. The third-order valence-electron chi connectivity index (χ3n) is 5.06. The fourth-order valence-electron chi connectivity index (χ4n) is 3.56. The summed E-state index contributed by atoms with van der Waals surface area (Å²) in [5.41, 5.74) is 0.837. The van der Waals surface area contributed by atoms with Crippen molar-refractivity contribution in [3.05, 3.63) is 17.5 Å². The average Bonchev–Trinajstić information content (AvgIpc) is 3.22. The number of ether oxygens (including phenoxy) is 1. The molecular formula is C17H27N3O3. The van der Waals surface area contributed by atoms with Gasteiger partial charge in [0.05, 0.1) is 18.9 Å². The Morgan fingerprint density at radius 3 is 2.70 bits per heavy atom. The van der Waals surface area contributed by atoms with E-state index in [2.05, 4.69) is 17.0 Å². The lowest BCUT2D eigenvalue weighted by Crippen LogP contribution is -2.47. The van der Waals surface area contributed by atoms with Gasteiger partial charge in [-0.3, -0.25) is 9.69 Å². The maximum Gasteiger partial charge on any atom is 0.292 e. The van der Waals surface area contributed by atoms with Crippen LogP contribution < -0.4 is 0 Å². The first kappa shape index (κ1) is 16.5. The van der Waals surface area contributed by atoms with Crippen molar-refractivity contribution < 1.29 is 14.1 Å². The van der Waals surface area contributed by atoms with E-state index in [-0.39, 0.29) is 11.8 Å². The van der Waals surface area contributed by atoms with Crippen molar-refractivity contribution in [1.29, 1.82) is 0 Å². The lowest BCUT2D eigenvalue weighted by molar-refractivity contribution is 0.0102. The summed E-state index contributed by atoms with van der Waals surface area (Å²) in [6, 6.07) is 2.22. The van der Waals surface area contributed by atoms with E-state index in [0.29, 0.717) is 17.7 Å². The van der Waals surface area contributed by atoms with Gasteiger partial charge in [0.2, 0.25) is 5.76 Å². The van der Waals surface area contributed by atoms with Crippen LogP contribution in [0.2, 0.25) is 0 Å². The molecule has 2 fully saturated rings. The van der Waals surface area contributed by atoms with Crippen molar-refractivity contribution in [3.8, 4) is 0 Å². The molecule has 3 rings (SSSR count). The normalized spacial score (nSPS) is 26.2. The van der Waals surface area contributed by atoms with Crippen LogP contribution in [-0.2, 0) is 4.74 Å². The molecule has 0 saturated carbocycles. The monoisotopic (exact) mass is 321 g/mol. The summed E-state index contributed by atoms with van der Waals surface area (Å²) in [6.07, 6.45) is 1.08. The van der Waals surface area contributed by atoms with E-state index < -0.39 is 0 Å². The fraction of sp³-hybridized carbons (Fsp3) is 0.765. The molecule has 23 heavy (non-hydrogen) atoms. The summed E-state index contributed by atoms with van der Waals surface area (Å²) in [5, 5.41) is 4.01. The minimum absolute atomic E-state index is 0.0291. The molecule has 6 heteroatoms. The van der Waals surface area contributed by atoms with Crippen LogP contribution in [0.25, 0.3) is 0 Å². The maximum absolute atomic E-state index is 12.7. The van der Waals surface area contributed by atoms with E-state index in [9.17, 15) is 4.79 Å². The molecule has 0 aromatic carbocycles. The Kier molecular flexibility index (Phi) is 5.02. The molecule has 2 saturated heterocycles. The summed E-state index contributed by atoms with van der Waals surface area (Å²) < 4.78 is 10.7. The molecule has 0 unspecified atom stereocenters. The van der Waals surface area contributed by atoms with E-state index in [4.69, 9.17) is 9.26 Å². The van der Waals surface area contributed by atoms with Crippen molar-refractivity contribution >= 4 is 5.91 Å². The molecule has 0 radical (unpaired) electrons. The summed E-state index contributed by atoms with van der Waals surface area (Å²) in [4.78, 5) is 17.1. The van der Waals surface area contributed by atoms with Crippen LogP contribution in [0.15, 0.2) is 10.6 Å². The molecule has 6 nitrogen and oxygen atoms in total. The first-order valence-electron chi connectivity index (χ1n) is 8.67. The number of hydrogen-bond donors (Lipinski definition) is 0. The van der Waals surface area contributed by atoms with Crippen LogP contribution in [0.5, 0.6) is 0 Å². The smallest absolute Gasteiger partial charge is 0.292 e. The molecule has 1 aromatic heterocycles. The number of amides is 1. The number of rotatable bonds is 4. The van der Waals surface area contributed by atoms with Gasteiger partial charge in [0.25, 0.3) is 5.91 Å². The molecule has 1 amide bonds. The zero-order valence-corrected chi connectivity index (χ0v) is 14.3. The Balaban J connectivity index is 1.69. The number of aromatic nitrogens is 1. The molecular weight excluding hydrogens is 294 g/mol. The molecule has 1 aromatic rings. The first-order valence-corrected chi connectivity index (χ1v) is 8.67. The van der Waals surface area contributed by atoms with Crippen LogP contribution in [0.3, 0.4) is 0 Å². The van der Waals surface area contributed by atoms with E-state index in [1.807, 2.05) is 18.7 Å². The number of carbonyl (C=O) groups excluding carboxylic acids is 1. The van der Waals surface area contributed by atoms with Crippen LogP contribution in [0.1, 0.15) is 49.4 Å². The third-order valence-corrected chi connectivity index (χ3v) is 5.06. The zero-order valence-electron chi connectivity index (χ0n) is 14.3. The number of hydrogen-bond acceptors (Lipinski definition) is 5. The summed E-state index contributed by atoms with van der Waals surface area (Å²) in [6.45, 7) is 11.4. The van der Waals surface area contributed by atoms with Crippen molar-refractivity contribution in [3.63, 3.8) is 0 Å². The van der Waals surface area contributed by atoms with Gasteiger partial charge in [0, 0.05) is 38.3 Å². The van der Waals surface area contributed by atoms with Gasteiger partial charge in [-0.1, -0.05) is 32.3 Å². The average molecular weight is 321 g/mol. The number of morpholine rings is 1. The molecule has 2 aliphatic rings. The maximum atomic E-state index is 12.7. The van der Waals surface area contributed by atoms with E-state index in [0.717, 1.165) is 51.5 Å². The van der Waals surface area contributed by atoms with Gasteiger partial charge in [-0.2, -0.15) is 0 Å². The van der Waals surface area contributed by atoms with Crippen molar-refractivity contribution in [2.75, 3.05) is 39.4 Å². The summed E-state index contributed by atoms with van der Waals surface area (Å²) in [5.74, 6) is 1.12. The van der Waals surface area contributed by atoms with Gasteiger partial charge < -0.3 is 14.2 Å². The first-order chi connectivity index (χ1) is 11.1. The van der Waals surface area contributed by atoms with Gasteiger partial charge in [-0.05, 0) is 11.8 Å². The molecule has 2 atom stereocenters. The van der Waals surface area contributed by atoms with E-state index >= 15 is 0 Å². The standard InChI is InChI=1S/C17H27N3O3/c1-4-13-10-20(11-15(13)19-5-7-22-8-6-19)17(21)16-9-14(12(2)3)18-23-16/h9,12-13,15H,4-8,10-11H2,1-3H3/t13-,15-/m0/s1. The SMILES string of the molecule is CC[C@H]1CN(C(=O)c2cc(C(C)C)no2)C[C@@H]1N1CCOCC1. The van der Waals surface area contributed by atoms with Gasteiger partial charge in [-0.15, -0.1) is 0 Å². The highest BCUT2D eigenvalue weighted by molar-refractivity contribution is 5.91. The number of nitrogens with zero attached hydrogens (tertiary/aromatic N) is 3. The van der Waals surface area contributed by atoms with Gasteiger partial charge in [0.15, 0.2) is 0 Å². The highest BCUT2D eigenvalue weighted by Crippen LogP contribution is 2.27. The topological polar surface area (TPSA) is 58.8 Å². The van der Waals surface area contributed by atoms with Crippen LogP contribution in [0.4, 0.5) is 0 Å². The summed E-state index contributed by atoms with van der Waals surface area (Å²) in [7, 11) is 0. The van der Waals surface area contributed by atoms with Gasteiger partial charge in [-0.25, -0.2) is 0 Å². The fourth-order valence-corrected chi connectivity index (χ4v) is 3.56. The molecule has 128 valence electrons. The Morgan fingerprint density at radius 2 is 2.09 bits per heavy atom. The number of likely N-dealkylation sites (tertiary alicyclic amines) is 1. The number of carbonyl (C=O) groups is 1. The van der Waals surface area contributed by atoms with Gasteiger partial charge >= 0.3 is 0 Å². The molecule has 2 aliphatic heterocycles. The Bertz CT molecular complexity index is 537. The molecule has 0 aliphatic carbocycles. The Hall–Kier alpha value is -1.40. The minimum atomic E-state index is -0.0291. The van der Waals surface area contributed by atoms with Gasteiger partial charge in [0.1, 0.15) is 0 Å². The van der Waals surface area contributed by atoms with Crippen molar-refractivity contribution in [2.24, 2.45) is 5.92 Å². The molecule has 0 N–H and O–H groups in total. The largest absolute Gasteiger partial charge is 0.379 e. The van der Waals surface area contributed by atoms with Crippen LogP contribution in [0, 0.1) is 5.92 Å². The van der Waals surface area contributed by atoms with Crippen LogP contribution in [-0.4, -0.2) is 66.3 Å². The quantitative estimate of drug-likeness (QED) is 0.849. The Morgan fingerprint density at radius 1 is 1.35 bits per heavy atom. The lowest BCUT2D eigenvalue weighted by Gasteiger charge is -2.34. The Labute approximate surface area is 137 Å². The second-order valence-electron chi connectivity index (χ2n) is 6.86. The lowest BCUT2D eigenvalue weighted by atomic mass is 9.99. The predicted molar refractivity (Wildman–Crippen MR) is 86.5 cm³/mol. The third kappa shape index (κ3) is 3.43. The van der Waals surface area contributed by atoms with Crippen molar-refractivity contribution in [2.45, 2.75) is 39.2 Å². The highest BCUT2D eigenvalue weighted by Gasteiger charge is 2.39. The second kappa shape index (κ2) is 7.01. The van der Waals surface area contributed by atoms with Crippen LogP contribution >= 0.6 is 0 Å². The van der Waals surface area contributed by atoms with E-state index in [1.165, 1.54) is 0 Å². The highest BCUT2D eigenvalue weighted by atomic mass is 16.5. The van der Waals surface area contributed by atoms with E-state index in [1.54, 1.807) is 6.07 Å². The van der Waals surface area contributed by atoms with Crippen molar-refractivity contribution in [1.82, 2.24) is 15.0 Å². The minimum Gasteiger partial charge on any atom is -0.379 e. The second-order valence-corrected chi connectivity index (χ2v) is 6.86. The zero-order chi connectivity index (χ0) is 16.4. The molecule has 0 bridgehead atoms. The molecule has 3 heterocycles. The summed E-state index contributed by atoms with van der Waals surface area (Å²) >= 11 is 0. The molecule has 0 spiro atoms.